The van der Waals surface area contributed by atoms with Crippen molar-refractivity contribution in [2.24, 2.45) is 0 Å². The minimum Gasteiger partial charge on any atom is -0.466 e. The number of carbonyl (C=O) groups excluding carboxylic acids is 6. The van der Waals surface area contributed by atoms with Crippen LogP contribution in [0.5, 0.6) is 0 Å². The van der Waals surface area contributed by atoms with Crippen LogP contribution >= 0.6 is 0 Å². The van der Waals surface area contributed by atoms with Crippen molar-refractivity contribution >= 4 is 35.8 Å². The van der Waals surface area contributed by atoms with E-state index in [0.29, 0.717) is 0 Å². The Morgan fingerprint density at radius 1 is 0.528 bits per heavy atom. The van der Waals surface area contributed by atoms with Crippen LogP contribution in [0.25, 0.3) is 0 Å². The predicted molar refractivity (Wildman–Crippen MR) is 121 cm³/mol. The predicted octanol–water partition coefficient (Wildman–Crippen LogP) is 1.34. The average Bonchev–Trinajstić information content (AvgIpc) is 2.90. The molecule has 0 radical (unpaired) electrons. The highest BCUT2D eigenvalue weighted by Gasteiger charge is 2.21. The van der Waals surface area contributed by atoms with E-state index in [1.54, 1.807) is 0 Å². The van der Waals surface area contributed by atoms with Gasteiger partial charge in [-0.2, -0.15) is 0 Å². The van der Waals surface area contributed by atoms with Crippen LogP contribution in [-0.4, -0.2) is 77.0 Å². The molecule has 192 valence electrons. The zero-order valence-electron chi connectivity index (χ0n) is 19.9. The molecule has 0 spiro atoms. The zero-order valence-corrected chi connectivity index (χ0v) is 19.9. The molecule has 12 nitrogen and oxygen atoms in total. The summed E-state index contributed by atoms with van der Waals surface area (Å²) in [6.45, 7) is 8.65. The minimum atomic E-state index is -1.03. The molecular weight excluding hydrogens is 480 g/mol. The highest BCUT2D eigenvalue weighted by Crippen LogP contribution is 2.16. The second-order valence-corrected chi connectivity index (χ2v) is 6.81. The molecule has 0 saturated heterocycles. The van der Waals surface area contributed by atoms with E-state index in [4.69, 9.17) is 14.2 Å². The van der Waals surface area contributed by atoms with Crippen LogP contribution in [0.3, 0.4) is 0 Å². The summed E-state index contributed by atoms with van der Waals surface area (Å²) in [5.74, 6) is -5.49. The number of esters is 6. The van der Waals surface area contributed by atoms with Gasteiger partial charge in [-0.3, -0.25) is 0 Å². The smallest absolute Gasteiger partial charge is 0.338 e. The summed E-state index contributed by atoms with van der Waals surface area (Å²) in [4.78, 5) is 71.9. The van der Waals surface area contributed by atoms with Gasteiger partial charge >= 0.3 is 35.8 Å². The van der Waals surface area contributed by atoms with Gasteiger partial charge in [-0.25, -0.2) is 28.8 Å². The average molecular weight is 504 g/mol. The quantitative estimate of drug-likeness (QED) is 0.229. The molecule has 0 unspecified atom stereocenters. The number of benzene rings is 1. The van der Waals surface area contributed by atoms with Gasteiger partial charge in [0.15, 0.2) is 0 Å². The molecule has 0 aliphatic heterocycles. The Morgan fingerprint density at radius 2 is 0.750 bits per heavy atom. The lowest BCUT2D eigenvalue weighted by molar-refractivity contribution is -0.137. The summed E-state index contributed by atoms with van der Waals surface area (Å²) in [7, 11) is 3.35. The Balaban J connectivity index is 3.18. The zero-order chi connectivity index (χ0) is 27.4. The lowest BCUT2D eigenvalue weighted by Gasteiger charge is -2.11. The second kappa shape index (κ2) is 13.8. The van der Waals surface area contributed by atoms with Crippen LogP contribution in [0, 0.1) is 0 Å². The van der Waals surface area contributed by atoms with Crippen LogP contribution in [-0.2, 0) is 42.8 Å². The summed E-state index contributed by atoms with van der Waals surface area (Å²) in [5.41, 5.74) is -1.34. The van der Waals surface area contributed by atoms with Gasteiger partial charge in [0.25, 0.3) is 0 Å². The van der Waals surface area contributed by atoms with Gasteiger partial charge in [0, 0.05) is 0 Å². The molecule has 0 atom stereocenters. The third kappa shape index (κ3) is 8.56. The van der Waals surface area contributed by atoms with Crippen molar-refractivity contribution in [1.29, 1.82) is 0 Å². The first-order valence-corrected chi connectivity index (χ1v) is 9.89. The molecule has 1 aromatic rings. The SMILES string of the molecule is C=C(COC(=O)c1cc(C(=O)OCC(=C)C(=O)OC)cc(C(=O)OCC(=C)C(=O)OC)c1)C(=O)OC. The van der Waals surface area contributed by atoms with Crippen LogP contribution in [0.1, 0.15) is 31.1 Å². The van der Waals surface area contributed by atoms with Gasteiger partial charge in [0.05, 0.1) is 54.7 Å². The van der Waals surface area contributed by atoms with Gasteiger partial charge < -0.3 is 28.4 Å². The van der Waals surface area contributed by atoms with E-state index in [1.807, 2.05) is 0 Å². The number of hydrogen-bond donors (Lipinski definition) is 0. The van der Waals surface area contributed by atoms with Crippen molar-refractivity contribution < 1.29 is 57.2 Å². The van der Waals surface area contributed by atoms with Crippen molar-refractivity contribution in [1.82, 2.24) is 0 Å². The highest BCUT2D eigenvalue weighted by molar-refractivity contribution is 6.01. The molecule has 0 N–H and O–H groups in total. The summed E-state index contributed by atoms with van der Waals surface area (Å²) >= 11 is 0. The lowest BCUT2D eigenvalue weighted by atomic mass is 10.1. The van der Waals surface area contributed by atoms with E-state index in [9.17, 15) is 28.8 Å². The van der Waals surface area contributed by atoms with Gasteiger partial charge in [0.2, 0.25) is 0 Å². The molecule has 0 saturated carbocycles. The fraction of sp³-hybridized carbons (Fsp3) is 0.250. The molecule has 0 fully saturated rings. The lowest BCUT2D eigenvalue weighted by Crippen LogP contribution is -2.18. The Morgan fingerprint density at radius 3 is 0.944 bits per heavy atom. The Labute approximate surface area is 206 Å². The normalized spacial score (nSPS) is 9.75. The summed E-state index contributed by atoms with van der Waals surface area (Å²) < 4.78 is 28.3. The molecule has 0 bridgehead atoms. The minimum absolute atomic E-state index is 0.163. The van der Waals surface area contributed by atoms with Crippen molar-refractivity contribution in [3.63, 3.8) is 0 Å². The third-order valence-electron chi connectivity index (χ3n) is 4.19. The summed E-state index contributed by atoms with van der Waals surface area (Å²) in [6.07, 6.45) is 0. The Bertz CT molecular complexity index is 962. The Kier molecular flexibility index (Phi) is 11.3. The molecule has 36 heavy (non-hydrogen) atoms. The maximum absolute atomic E-state index is 12.5. The van der Waals surface area contributed by atoms with Crippen LogP contribution < -0.4 is 0 Å². The number of methoxy groups -OCH3 is 3. The van der Waals surface area contributed by atoms with E-state index in [2.05, 4.69) is 33.9 Å². The molecule has 12 heteroatoms. The van der Waals surface area contributed by atoms with E-state index in [-0.39, 0.29) is 33.4 Å². The monoisotopic (exact) mass is 504 g/mol. The number of hydrogen-bond acceptors (Lipinski definition) is 12. The van der Waals surface area contributed by atoms with Crippen molar-refractivity contribution in [2.45, 2.75) is 0 Å². The van der Waals surface area contributed by atoms with E-state index in [0.717, 1.165) is 39.5 Å². The summed E-state index contributed by atoms with van der Waals surface area (Å²) in [6, 6.07) is 3.16. The fourth-order valence-electron chi connectivity index (χ4n) is 2.30. The van der Waals surface area contributed by atoms with Gasteiger partial charge in [-0.1, -0.05) is 19.7 Å². The molecule has 1 rings (SSSR count). The van der Waals surface area contributed by atoms with E-state index in [1.165, 1.54) is 0 Å². The third-order valence-corrected chi connectivity index (χ3v) is 4.19. The topological polar surface area (TPSA) is 158 Å². The maximum Gasteiger partial charge on any atom is 0.338 e. The molecule has 0 amide bonds. The molecule has 0 heterocycles. The molecule has 0 aromatic heterocycles. The molecular formula is C24H24O12. The van der Waals surface area contributed by atoms with Crippen LogP contribution in [0.2, 0.25) is 0 Å². The summed E-state index contributed by atoms with van der Waals surface area (Å²) in [5, 5.41) is 0. The van der Waals surface area contributed by atoms with Gasteiger partial charge in [0.1, 0.15) is 19.8 Å². The maximum atomic E-state index is 12.5. The first-order valence-electron chi connectivity index (χ1n) is 9.89. The number of ether oxygens (including phenoxy) is 6. The number of carbonyl (C=O) groups is 6. The van der Waals surface area contributed by atoms with Crippen LogP contribution in [0.15, 0.2) is 54.7 Å². The number of rotatable bonds is 12. The van der Waals surface area contributed by atoms with Crippen molar-refractivity contribution in [3.8, 4) is 0 Å². The first-order chi connectivity index (χ1) is 16.9. The molecule has 0 aliphatic carbocycles. The van der Waals surface area contributed by atoms with E-state index >= 15 is 0 Å². The Hall–Kier alpha value is -4.74. The van der Waals surface area contributed by atoms with Crippen LogP contribution in [0.4, 0.5) is 0 Å². The fourth-order valence-corrected chi connectivity index (χ4v) is 2.30. The highest BCUT2D eigenvalue weighted by atomic mass is 16.6. The van der Waals surface area contributed by atoms with Crippen molar-refractivity contribution in [2.75, 3.05) is 41.2 Å². The first kappa shape index (κ1) is 29.3. The second-order valence-electron chi connectivity index (χ2n) is 6.81. The van der Waals surface area contributed by atoms with Gasteiger partial charge in [-0.05, 0) is 18.2 Å². The van der Waals surface area contributed by atoms with Crippen molar-refractivity contribution in [3.05, 3.63) is 71.3 Å². The molecule has 0 aliphatic rings. The van der Waals surface area contributed by atoms with Gasteiger partial charge in [-0.15, -0.1) is 0 Å². The largest absolute Gasteiger partial charge is 0.466 e. The van der Waals surface area contributed by atoms with E-state index < -0.39 is 55.6 Å². The molecule has 1 aromatic carbocycles. The standard InChI is InChI=1S/C24H24O12/c1-13(19(25)31-4)10-34-22(28)16-7-17(23(29)35-11-14(2)20(26)32-5)9-18(8-16)24(30)36-12-15(3)21(27)33-6/h7-9H,1-3,10-12H2,4-6H3.